The van der Waals surface area contributed by atoms with E-state index in [1.807, 2.05) is 62.4 Å². The van der Waals surface area contributed by atoms with E-state index in [1.54, 1.807) is 23.8 Å². The number of aryl methyl sites for hydroxylation is 1. The molecule has 3 amide bonds. The summed E-state index contributed by atoms with van der Waals surface area (Å²) in [6.07, 6.45) is 2.46. The van der Waals surface area contributed by atoms with Crippen LogP contribution in [0.5, 0.6) is 0 Å². The summed E-state index contributed by atoms with van der Waals surface area (Å²) in [6.45, 7) is 9.56. The van der Waals surface area contributed by atoms with Crippen LogP contribution in [0.4, 0.5) is 0 Å². The Morgan fingerprint density at radius 3 is 2.18 bits per heavy atom. The predicted octanol–water partition coefficient (Wildman–Crippen LogP) is 2.75. The second-order valence-electron chi connectivity index (χ2n) is 9.08. The summed E-state index contributed by atoms with van der Waals surface area (Å²) < 4.78 is 0. The number of carbonyl (C=O) groups excluding carboxylic acids is 3. The highest BCUT2D eigenvalue weighted by Crippen LogP contribution is 2.20. The van der Waals surface area contributed by atoms with Crippen molar-refractivity contribution in [3.63, 3.8) is 0 Å². The molecule has 1 saturated heterocycles. The lowest BCUT2D eigenvalue weighted by molar-refractivity contribution is -0.138. The number of nitrogens with two attached hydrogens (primary N) is 1. The van der Waals surface area contributed by atoms with Gasteiger partial charge in [0.25, 0.3) is 0 Å². The number of likely N-dealkylation sites (tertiary alicyclic amines) is 1. The van der Waals surface area contributed by atoms with Gasteiger partial charge in [0.05, 0.1) is 13.1 Å². The Morgan fingerprint density at radius 2 is 1.66 bits per heavy atom. The van der Waals surface area contributed by atoms with Crippen LogP contribution in [-0.2, 0) is 20.8 Å². The molecule has 1 aliphatic heterocycles. The molecule has 3 rings (SSSR count). The van der Waals surface area contributed by atoms with Gasteiger partial charge in [0, 0.05) is 25.7 Å². The van der Waals surface area contributed by atoms with Gasteiger partial charge in [0.15, 0.2) is 0 Å². The first-order valence-corrected chi connectivity index (χ1v) is 13.6. The zero-order chi connectivity index (χ0) is 28.3. The Balaban J connectivity index is 0.000000682. The maximum absolute atomic E-state index is 12.9. The largest absolute Gasteiger partial charge is 0.343 e. The van der Waals surface area contributed by atoms with E-state index in [0.717, 1.165) is 24.8 Å². The molecule has 210 valence electrons. The van der Waals surface area contributed by atoms with E-state index in [1.165, 1.54) is 5.56 Å². The molecule has 0 spiro atoms. The Morgan fingerprint density at radius 1 is 1.05 bits per heavy atom. The van der Waals surface area contributed by atoms with Gasteiger partial charge in [-0.2, -0.15) is 0 Å². The van der Waals surface area contributed by atoms with E-state index in [9.17, 15) is 14.4 Å². The lowest BCUT2D eigenvalue weighted by Gasteiger charge is -2.32. The van der Waals surface area contributed by atoms with E-state index >= 15 is 0 Å². The lowest BCUT2D eigenvalue weighted by Crippen LogP contribution is -2.53. The third kappa shape index (κ3) is 11.9. The molecule has 4 N–H and O–H groups in total. The fourth-order valence-corrected chi connectivity index (χ4v) is 4.22. The normalized spacial score (nSPS) is 14.8. The highest BCUT2D eigenvalue weighted by Gasteiger charge is 2.33. The molecule has 1 heterocycles. The number of benzene rings is 2. The minimum absolute atomic E-state index is 0.0497. The third-order valence-electron chi connectivity index (χ3n) is 6.16. The Hall–Kier alpha value is -3.23. The van der Waals surface area contributed by atoms with Gasteiger partial charge < -0.3 is 26.2 Å². The minimum atomic E-state index is -0.598. The SMILES string of the molecule is CC.CNCC(=O)NC(C)C(=O)N1CCCC1CN(CCc1ccccc1)C(=O)CN.Cc1ccccc1. The molecule has 2 aromatic carbocycles. The predicted molar refractivity (Wildman–Crippen MR) is 155 cm³/mol. The summed E-state index contributed by atoms with van der Waals surface area (Å²) in [5.74, 6) is -0.442. The molecule has 0 aliphatic carbocycles. The standard InChI is InChI=1S/C21H33N5O3.C7H8.C2H6/c1-16(24-19(27)14-23-2)21(29)26-11-6-9-18(26)15-25(20(28)13-22)12-10-17-7-4-3-5-8-17;1-7-5-3-2-4-6-7;1-2/h3-5,7-8,16,18,23H,6,9-15,22H2,1-2H3,(H,24,27);2-6H,1H3;1-2H3. The average Bonchev–Trinajstić information content (AvgIpc) is 3.40. The van der Waals surface area contributed by atoms with Gasteiger partial charge in [-0.05, 0) is 45.7 Å². The topological polar surface area (TPSA) is 108 Å². The molecule has 2 atom stereocenters. The molecule has 0 bridgehead atoms. The van der Waals surface area contributed by atoms with Crippen LogP contribution in [0, 0.1) is 6.92 Å². The molecule has 0 saturated carbocycles. The molecule has 1 fully saturated rings. The first-order chi connectivity index (χ1) is 18.3. The first-order valence-electron chi connectivity index (χ1n) is 13.6. The highest BCUT2D eigenvalue weighted by atomic mass is 16.2. The molecule has 2 aromatic rings. The molecule has 2 unspecified atom stereocenters. The molecule has 38 heavy (non-hydrogen) atoms. The van der Waals surface area contributed by atoms with E-state index in [2.05, 4.69) is 29.7 Å². The van der Waals surface area contributed by atoms with Crippen molar-refractivity contribution < 1.29 is 14.4 Å². The molecule has 0 radical (unpaired) electrons. The Bertz CT molecular complexity index is 939. The average molecular weight is 526 g/mol. The van der Waals surface area contributed by atoms with Crippen molar-refractivity contribution in [2.45, 2.75) is 59.0 Å². The van der Waals surface area contributed by atoms with Gasteiger partial charge in [0.2, 0.25) is 17.7 Å². The Kier molecular flexibility index (Phi) is 16.3. The van der Waals surface area contributed by atoms with E-state index in [-0.39, 0.29) is 36.9 Å². The second kappa shape index (κ2) is 18.9. The van der Waals surface area contributed by atoms with Gasteiger partial charge in [-0.15, -0.1) is 0 Å². The van der Waals surface area contributed by atoms with Crippen molar-refractivity contribution >= 4 is 17.7 Å². The quantitative estimate of drug-likeness (QED) is 0.442. The van der Waals surface area contributed by atoms with Gasteiger partial charge in [-0.1, -0.05) is 80.1 Å². The summed E-state index contributed by atoms with van der Waals surface area (Å²) in [4.78, 5) is 40.6. The minimum Gasteiger partial charge on any atom is -0.343 e. The highest BCUT2D eigenvalue weighted by molar-refractivity contribution is 5.88. The van der Waals surface area contributed by atoms with Gasteiger partial charge in [-0.25, -0.2) is 0 Å². The van der Waals surface area contributed by atoms with Crippen LogP contribution < -0.4 is 16.4 Å². The molecule has 0 aromatic heterocycles. The Labute approximate surface area is 229 Å². The number of nitrogens with one attached hydrogen (secondary N) is 2. The van der Waals surface area contributed by atoms with Crippen LogP contribution in [0.1, 0.15) is 44.7 Å². The van der Waals surface area contributed by atoms with Gasteiger partial charge in [0.1, 0.15) is 6.04 Å². The summed E-state index contributed by atoms with van der Waals surface area (Å²) in [6, 6.07) is 19.6. The summed E-state index contributed by atoms with van der Waals surface area (Å²) >= 11 is 0. The van der Waals surface area contributed by atoms with Crippen LogP contribution in [-0.4, -0.2) is 79.4 Å². The van der Waals surface area contributed by atoms with Gasteiger partial charge >= 0.3 is 0 Å². The van der Waals surface area contributed by atoms with E-state index in [0.29, 0.717) is 19.6 Å². The summed E-state index contributed by atoms with van der Waals surface area (Å²) in [5.41, 5.74) is 8.09. The zero-order valence-electron chi connectivity index (χ0n) is 23.8. The van der Waals surface area contributed by atoms with Gasteiger partial charge in [-0.3, -0.25) is 14.4 Å². The maximum atomic E-state index is 12.9. The molecule has 8 heteroatoms. The van der Waals surface area contributed by atoms with E-state index < -0.39 is 6.04 Å². The third-order valence-corrected chi connectivity index (χ3v) is 6.16. The fourth-order valence-electron chi connectivity index (χ4n) is 4.22. The number of rotatable bonds is 10. The maximum Gasteiger partial charge on any atom is 0.245 e. The van der Waals surface area contributed by atoms with Crippen molar-refractivity contribution in [2.24, 2.45) is 5.73 Å². The summed E-state index contributed by atoms with van der Waals surface area (Å²) in [7, 11) is 1.68. The van der Waals surface area contributed by atoms with Crippen molar-refractivity contribution in [3.8, 4) is 0 Å². The van der Waals surface area contributed by atoms with Crippen LogP contribution in [0.15, 0.2) is 60.7 Å². The smallest absolute Gasteiger partial charge is 0.245 e. The van der Waals surface area contributed by atoms with Crippen molar-refractivity contribution in [2.75, 3.05) is 39.8 Å². The molecular formula is C30H47N5O3. The number of carbonyl (C=O) groups is 3. The fraction of sp³-hybridized carbons (Fsp3) is 0.500. The number of nitrogens with zero attached hydrogens (tertiary/aromatic N) is 2. The number of hydrogen-bond acceptors (Lipinski definition) is 5. The lowest BCUT2D eigenvalue weighted by atomic mass is 10.1. The number of likely N-dealkylation sites (N-methyl/N-ethyl adjacent to an activating group) is 1. The van der Waals surface area contributed by atoms with Crippen molar-refractivity contribution in [1.29, 1.82) is 0 Å². The molecule has 8 nitrogen and oxygen atoms in total. The zero-order valence-corrected chi connectivity index (χ0v) is 23.8. The van der Waals surface area contributed by atoms with Crippen LogP contribution in [0.3, 0.4) is 0 Å². The van der Waals surface area contributed by atoms with Crippen LogP contribution in [0.25, 0.3) is 0 Å². The van der Waals surface area contributed by atoms with Crippen LogP contribution in [0.2, 0.25) is 0 Å². The monoisotopic (exact) mass is 525 g/mol. The number of amides is 3. The summed E-state index contributed by atoms with van der Waals surface area (Å²) in [5, 5.41) is 5.49. The van der Waals surface area contributed by atoms with Crippen LogP contribution >= 0.6 is 0 Å². The van der Waals surface area contributed by atoms with Crippen molar-refractivity contribution in [3.05, 3.63) is 71.8 Å². The molecule has 1 aliphatic rings. The van der Waals surface area contributed by atoms with Crippen molar-refractivity contribution in [1.82, 2.24) is 20.4 Å². The first kappa shape index (κ1) is 32.8. The number of hydrogen-bond donors (Lipinski definition) is 3. The molecular weight excluding hydrogens is 478 g/mol. The van der Waals surface area contributed by atoms with E-state index in [4.69, 9.17) is 5.73 Å². The second-order valence-corrected chi connectivity index (χ2v) is 9.08.